The molecule has 0 spiro atoms. The van der Waals surface area contributed by atoms with Crippen molar-refractivity contribution in [3.05, 3.63) is 94.7 Å². The van der Waals surface area contributed by atoms with Crippen molar-refractivity contribution < 1.29 is 35.2 Å². The van der Waals surface area contributed by atoms with Crippen LogP contribution in [0.1, 0.15) is 38.8 Å². The van der Waals surface area contributed by atoms with E-state index in [1.807, 2.05) is 4.72 Å². The van der Waals surface area contributed by atoms with Crippen LogP contribution in [0.3, 0.4) is 0 Å². The number of thiazole rings is 1. The van der Waals surface area contributed by atoms with Crippen LogP contribution in [0.15, 0.2) is 65.2 Å². The molecule has 0 aliphatic carbocycles. The van der Waals surface area contributed by atoms with Crippen LogP contribution in [-0.4, -0.2) is 34.5 Å². The molecule has 212 valence electrons. The lowest BCUT2D eigenvalue weighted by atomic mass is 10.1. The van der Waals surface area contributed by atoms with Gasteiger partial charge in [-0.25, -0.2) is 15.1 Å². The molecule has 4 N–H and O–H groups in total. The number of hydrogen-bond donors (Lipinski definition) is 3. The topological polar surface area (TPSA) is 166 Å². The number of halogens is 4. The quantitative estimate of drug-likeness (QED) is 0.177. The average Bonchev–Trinajstić information content (AvgIpc) is 3.57. The summed E-state index contributed by atoms with van der Waals surface area (Å²) in [4.78, 5) is 21.3. The van der Waals surface area contributed by atoms with E-state index in [1.165, 1.54) is 12.3 Å². The molecule has 1 unspecified atom stereocenters. The summed E-state index contributed by atoms with van der Waals surface area (Å²) in [5, 5.41) is 15.5. The summed E-state index contributed by atoms with van der Waals surface area (Å²) in [5.74, 6) is -1.73. The Bertz CT molecular complexity index is 1820. The van der Waals surface area contributed by atoms with E-state index in [9.17, 15) is 30.8 Å². The van der Waals surface area contributed by atoms with Gasteiger partial charge in [0.15, 0.2) is 6.04 Å². The Balaban J connectivity index is 1.48. The Morgan fingerprint density at radius 2 is 1.78 bits per heavy atom. The second kappa shape index (κ2) is 10.9. The predicted molar refractivity (Wildman–Crippen MR) is 138 cm³/mol. The molecule has 11 nitrogen and oxygen atoms in total. The molecule has 0 radical (unpaired) electrons. The van der Waals surface area contributed by atoms with Gasteiger partial charge in [0.05, 0.1) is 22.3 Å². The van der Waals surface area contributed by atoms with Crippen molar-refractivity contribution in [3.8, 4) is 11.1 Å². The van der Waals surface area contributed by atoms with Crippen LogP contribution in [0.5, 0.6) is 0 Å². The van der Waals surface area contributed by atoms with Crippen LogP contribution < -0.4 is 15.2 Å². The molecule has 3 aromatic heterocycles. The van der Waals surface area contributed by atoms with Crippen molar-refractivity contribution in [2.45, 2.75) is 18.8 Å². The highest BCUT2D eigenvalue weighted by Gasteiger charge is 2.31. The molecule has 41 heavy (non-hydrogen) atoms. The van der Waals surface area contributed by atoms with Crippen LogP contribution in [0.25, 0.3) is 21.3 Å². The van der Waals surface area contributed by atoms with Crippen LogP contribution in [0.2, 0.25) is 0 Å². The normalized spacial score (nSPS) is 12.9. The average molecular weight is 608 g/mol. The number of hydrogen-bond acceptors (Lipinski definition) is 9. The largest absolute Gasteiger partial charge is 0.421 e. The van der Waals surface area contributed by atoms with Gasteiger partial charge in [-0.1, -0.05) is 6.07 Å². The highest BCUT2D eigenvalue weighted by molar-refractivity contribution is 7.87. The summed E-state index contributed by atoms with van der Waals surface area (Å²) in [7, 11) is -4.06. The fourth-order valence-corrected chi connectivity index (χ4v) is 5.04. The zero-order valence-corrected chi connectivity index (χ0v) is 22.0. The van der Waals surface area contributed by atoms with E-state index in [4.69, 9.17) is 9.56 Å². The molecular weight excluding hydrogens is 590 g/mol. The summed E-state index contributed by atoms with van der Waals surface area (Å²) in [5.41, 5.74) is 0.908. The van der Waals surface area contributed by atoms with Gasteiger partial charge in [0.1, 0.15) is 5.01 Å². The Morgan fingerprint density at radius 1 is 1.05 bits per heavy atom. The first-order valence-corrected chi connectivity index (χ1v) is 13.8. The maximum absolute atomic E-state index is 13.3. The lowest BCUT2D eigenvalue weighted by Crippen LogP contribution is -2.30. The number of benzene rings is 2. The third kappa shape index (κ3) is 6.71. The molecule has 1 amide bonds. The number of fused-ring (bicyclic) bond motifs is 1. The molecule has 0 saturated heterocycles. The molecule has 17 heteroatoms. The molecule has 3 heterocycles. The number of aromatic nitrogens is 4. The number of rotatable bonds is 8. The first-order chi connectivity index (χ1) is 19.4. The second-order valence-corrected chi connectivity index (χ2v) is 10.9. The van der Waals surface area contributed by atoms with Crippen LogP contribution in [0, 0.1) is 5.95 Å². The number of nitrogens with one attached hydrogen (secondary N) is 2. The summed E-state index contributed by atoms with van der Waals surface area (Å²) in [6, 6.07) is 10.5. The number of amides is 1. The molecule has 1 atom stereocenters. The van der Waals surface area contributed by atoms with Gasteiger partial charge in [0, 0.05) is 17.3 Å². The van der Waals surface area contributed by atoms with Crippen LogP contribution in [-0.2, 0) is 22.9 Å². The van der Waals surface area contributed by atoms with E-state index < -0.39 is 46.4 Å². The van der Waals surface area contributed by atoms with E-state index >= 15 is 0 Å². The van der Waals surface area contributed by atoms with Crippen molar-refractivity contribution in [1.29, 1.82) is 0 Å². The molecule has 2 aromatic carbocycles. The van der Waals surface area contributed by atoms with Crippen molar-refractivity contribution in [3.63, 3.8) is 0 Å². The summed E-state index contributed by atoms with van der Waals surface area (Å²) in [6.07, 6.45) is -3.20. The van der Waals surface area contributed by atoms with E-state index in [0.29, 0.717) is 15.8 Å². The molecular formula is C24H17F4N7O4S2. The molecule has 0 bridgehead atoms. The minimum atomic E-state index is -4.58. The van der Waals surface area contributed by atoms with Gasteiger partial charge in [0.2, 0.25) is 17.7 Å². The zero-order chi connectivity index (χ0) is 29.4. The summed E-state index contributed by atoms with van der Waals surface area (Å²) < 4.78 is 82.8. The first kappa shape index (κ1) is 28.2. The fraction of sp³-hybridized carbons (Fsp3) is 0.125. The lowest BCUT2D eigenvalue weighted by Gasteiger charge is -2.13. The Hall–Kier alpha value is -4.32. The number of alkyl halides is 3. The number of carbonyl (C=O) groups excluding carboxylic acids is 1. The zero-order valence-electron chi connectivity index (χ0n) is 20.4. The first-order valence-electron chi connectivity index (χ1n) is 11.5. The number of nitrogens with zero attached hydrogens (tertiary/aromatic N) is 4. The van der Waals surface area contributed by atoms with Crippen molar-refractivity contribution in [2.75, 3.05) is 0 Å². The third-order valence-corrected chi connectivity index (χ3v) is 7.25. The van der Waals surface area contributed by atoms with E-state index in [1.54, 1.807) is 24.3 Å². The van der Waals surface area contributed by atoms with Crippen LogP contribution >= 0.6 is 11.3 Å². The van der Waals surface area contributed by atoms with Crippen LogP contribution in [0.4, 0.5) is 17.6 Å². The summed E-state index contributed by atoms with van der Waals surface area (Å²) in [6.45, 7) is -0.430. The Morgan fingerprint density at radius 3 is 2.44 bits per heavy atom. The van der Waals surface area contributed by atoms with Gasteiger partial charge in [-0.15, -0.1) is 21.5 Å². The number of carbonyl (C=O) groups is 1. The van der Waals surface area contributed by atoms with Gasteiger partial charge >= 0.3 is 6.18 Å². The maximum atomic E-state index is 13.3. The van der Waals surface area contributed by atoms with E-state index in [0.717, 1.165) is 41.2 Å². The van der Waals surface area contributed by atoms with Gasteiger partial charge < -0.3 is 9.73 Å². The fourth-order valence-electron chi connectivity index (χ4n) is 3.66. The molecule has 0 aliphatic rings. The van der Waals surface area contributed by atoms with E-state index in [-0.39, 0.29) is 22.4 Å². The van der Waals surface area contributed by atoms with Gasteiger partial charge in [0.25, 0.3) is 16.1 Å². The molecule has 5 rings (SSSR count). The predicted octanol–water partition coefficient (Wildman–Crippen LogP) is 3.71. The second-order valence-electron chi connectivity index (χ2n) is 8.49. The molecule has 0 fully saturated rings. The van der Waals surface area contributed by atoms with E-state index in [2.05, 4.69) is 25.5 Å². The number of pyridine rings is 1. The Kier molecular flexibility index (Phi) is 7.52. The SMILES string of the molecule is NS(=O)(=O)NCc1nnc(C(NC(=O)c2ccc(C(F)(F)F)cc2)c2nc3ccc(-c4ccc(F)nc4)cc3s2)o1. The van der Waals surface area contributed by atoms with Crippen molar-refractivity contribution in [1.82, 2.24) is 30.2 Å². The minimum Gasteiger partial charge on any atom is -0.421 e. The lowest BCUT2D eigenvalue weighted by molar-refractivity contribution is -0.137. The maximum Gasteiger partial charge on any atom is 0.416 e. The smallest absolute Gasteiger partial charge is 0.416 e. The van der Waals surface area contributed by atoms with Crippen molar-refractivity contribution in [2.24, 2.45) is 5.14 Å². The van der Waals surface area contributed by atoms with Crippen molar-refractivity contribution >= 4 is 37.7 Å². The monoisotopic (exact) mass is 607 g/mol. The van der Waals surface area contributed by atoms with Gasteiger partial charge in [-0.3, -0.25) is 4.79 Å². The standard InChI is InChI=1S/C24H17F4N7O4S2/c25-18-8-4-14(10-30-18)13-3-7-16-17(9-13)40-23(32-16)20(22-35-34-19(39-22)11-31-41(29,37)38)33-21(36)12-1-5-15(6-2-12)24(26,27)28/h1-10,20,31H,11H2,(H,33,36)(H2,29,37,38). The van der Waals surface area contributed by atoms with Gasteiger partial charge in [-0.05, 0) is 54.1 Å². The third-order valence-electron chi connectivity index (χ3n) is 5.62. The highest BCUT2D eigenvalue weighted by atomic mass is 32.2. The molecule has 0 aliphatic heterocycles. The molecule has 0 saturated carbocycles. The summed E-state index contributed by atoms with van der Waals surface area (Å²) >= 11 is 1.15. The van der Waals surface area contributed by atoms with Gasteiger partial charge in [-0.2, -0.15) is 30.7 Å². The Labute approximate surface area is 232 Å². The highest BCUT2D eigenvalue weighted by Crippen LogP contribution is 2.33. The molecule has 5 aromatic rings. The minimum absolute atomic E-state index is 0.0779. The number of nitrogens with two attached hydrogens (primary N) is 1.